The second kappa shape index (κ2) is 6.48. The van der Waals surface area contributed by atoms with Crippen molar-refractivity contribution in [3.05, 3.63) is 34.1 Å². The SMILES string of the molecule is C[C@H]1C[C@@H](C(=O)NCc2cc(F)ccc2Br)CCN1. The van der Waals surface area contributed by atoms with Crippen molar-refractivity contribution >= 4 is 21.8 Å². The molecule has 2 atom stereocenters. The summed E-state index contributed by atoms with van der Waals surface area (Å²) in [5.74, 6) is -0.170. The normalized spacial score (nSPS) is 23.1. The van der Waals surface area contributed by atoms with Crippen molar-refractivity contribution in [3.63, 3.8) is 0 Å². The van der Waals surface area contributed by atoms with E-state index in [4.69, 9.17) is 0 Å². The smallest absolute Gasteiger partial charge is 0.223 e. The van der Waals surface area contributed by atoms with Crippen LogP contribution in [0.1, 0.15) is 25.3 Å². The van der Waals surface area contributed by atoms with E-state index in [1.165, 1.54) is 12.1 Å². The van der Waals surface area contributed by atoms with Crippen LogP contribution in [0.25, 0.3) is 0 Å². The van der Waals surface area contributed by atoms with Gasteiger partial charge in [0.15, 0.2) is 0 Å². The summed E-state index contributed by atoms with van der Waals surface area (Å²) in [6.07, 6.45) is 1.72. The van der Waals surface area contributed by atoms with E-state index >= 15 is 0 Å². The van der Waals surface area contributed by atoms with Gasteiger partial charge in [0.05, 0.1) is 0 Å². The maximum Gasteiger partial charge on any atom is 0.223 e. The Bertz CT molecular complexity index is 467. The van der Waals surface area contributed by atoms with Crippen molar-refractivity contribution in [2.75, 3.05) is 6.54 Å². The summed E-state index contributed by atoms with van der Waals surface area (Å²) in [5, 5.41) is 6.21. The van der Waals surface area contributed by atoms with Gasteiger partial charge in [-0.1, -0.05) is 15.9 Å². The molecule has 0 radical (unpaired) electrons. The highest BCUT2D eigenvalue weighted by Gasteiger charge is 2.24. The Morgan fingerprint density at radius 3 is 3.11 bits per heavy atom. The Morgan fingerprint density at radius 1 is 1.58 bits per heavy atom. The molecular formula is C14H18BrFN2O. The van der Waals surface area contributed by atoms with Crippen LogP contribution in [-0.2, 0) is 11.3 Å². The highest BCUT2D eigenvalue weighted by Crippen LogP contribution is 2.19. The molecule has 0 unspecified atom stereocenters. The zero-order valence-corrected chi connectivity index (χ0v) is 12.5. The van der Waals surface area contributed by atoms with Crippen molar-refractivity contribution in [2.24, 2.45) is 5.92 Å². The number of nitrogens with one attached hydrogen (secondary N) is 2. The summed E-state index contributed by atoms with van der Waals surface area (Å²) in [7, 11) is 0. The number of hydrogen-bond donors (Lipinski definition) is 2. The summed E-state index contributed by atoms with van der Waals surface area (Å²) in [5.41, 5.74) is 0.760. The number of carbonyl (C=O) groups excluding carboxylic acids is 1. The standard InChI is InChI=1S/C14H18BrFN2O/c1-9-6-10(4-5-17-9)14(19)18-8-11-7-12(16)2-3-13(11)15/h2-3,7,9-10,17H,4-6,8H2,1H3,(H,18,19)/t9-,10-/m0/s1. The van der Waals surface area contributed by atoms with Gasteiger partial charge in [0.1, 0.15) is 5.82 Å². The van der Waals surface area contributed by atoms with Gasteiger partial charge in [0, 0.05) is 23.0 Å². The fourth-order valence-corrected chi connectivity index (χ4v) is 2.76. The number of benzene rings is 1. The van der Waals surface area contributed by atoms with Gasteiger partial charge in [-0.2, -0.15) is 0 Å². The third-order valence-electron chi connectivity index (χ3n) is 3.46. The van der Waals surface area contributed by atoms with Crippen LogP contribution >= 0.6 is 15.9 Å². The Morgan fingerprint density at radius 2 is 2.37 bits per heavy atom. The van der Waals surface area contributed by atoms with Crippen LogP contribution in [0, 0.1) is 11.7 Å². The molecule has 0 bridgehead atoms. The molecule has 0 aromatic heterocycles. The lowest BCUT2D eigenvalue weighted by molar-refractivity contribution is -0.126. The number of piperidine rings is 1. The van der Waals surface area contributed by atoms with Gasteiger partial charge in [0.2, 0.25) is 5.91 Å². The van der Waals surface area contributed by atoms with Crippen molar-refractivity contribution in [1.29, 1.82) is 0 Å². The monoisotopic (exact) mass is 328 g/mol. The molecule has 0 spiro atoms. The average molecular weight is 329 g/mol. The Labute approximate surface area is 121 Å². The van der Waals surface area contributed by atoms with Gasteiger partial charge in [-0.15, -0.1) is 0 Å². The summed E-state index contributed by atoms with van der Waals surface area (Å²) in [6, 6.07) is 4.87. The first-order valence-corrected chi connectivity index (χ1v) is 7.30. The van der Waals surface area contributed by atoms with Crippen LogP contribution in [0.3, 0.4) is 0 Å². The molecule has 0 saturated carbocycles. The van der Waals surface area contributed by atoms with Gasteiger partial charge >= 0.3 is 0 Å². The molecule has 2 N–H and O–H groups in total. The predicted octanol–water partition coefficient (Wildman–Crippen LogP) is 2.59. The minimum atomic E-state index is -0.289. The molecule has 0 aliphatic carbocycles. The summed E-state index contributed by atoms with van der Waals surface area (Å²) < 4.78 is 13.9. The van der Waals surface area contributed by atoms with Gasteiger partial charge in [-0.3, -0.25) is 4.79 Å². The number of amides is 1. The number of rotatable bonds is 3. The van der Waals surface area contributed by atoms with E-state index in [-0.39, 0.29) is 17.6 Å². The van der Waals surface area contributed by atoms with E-state index in [0.717, 1.165) is 29.4 Å². The van der Waals surface area contributed by atoms with Crippen LogP contribution in [0.2, 0.25) is 0 Å². The number of hydrogen-bond acceptors (Lipinski definition) is 2. The van der Waals surface area contributed by atoms with E-state index in [2.05, 4.69) is 33.5 Å². The fraction of sp³-hybridized carbons (Fsp3) is 0.500. The van der Waals surface area contributed by atoms with Crippen LogP contribution < -0.4 is 10.6 Å². The summed E-state index contributed by atoms with van der Waals surface area (Å²) in [4.78, 5) is 12.1. The first-order chi connectivity index (χ1) is 9.06. The zero-order valence-electron chi connectivity index (χ0n) is 10.9. The van der Waals surface area contributed by atoms with Crippen molar-refractivity contribution in [3.8, 4) is 0 Å². The van der Waals surface area contributed by atoms with Crippen molar-refractivity contribution in [2.45, 2.75) is 32.4 Å². The molecule has 1 aromatic carbocycles. The topological polar surface area (TPSA) is 41.1 Å². The molecule has 1 aromatic rings. The molecule has 5 heteroatoms. The molecule has 1 heterocycles. The molecule has 2 rings (SSSR count). The van der Waals surface area contributed by atoms with Crippen LogP contribution in [0.5, 0.6) is 0 Å². The Kier molecular flexibility index (Phi) is 4.93. The minimum absolute atomic E-state index is 0.0589. The second-order valence-corrected chi connectivity index (χ2v) is 5.88. The first kappa shape index (κ1) is 14.5. The Hall–Kier alpha value is -0.940. The fourth-order valence-electron chi connectivity index (χ4n) is 2.38. The molecule has 1 amide bonds. The molecule has 1 saturated heterocycles. The molecule has 3 nitrogen and oxygen atoms in total. The third-order valence-corrected chi connectivity index (χ3v) is 4.23. The lowest BCUT2D eigenvalue weighted by Crippen LogP contribution is -2.42. The second-order valence-electron chi connectivity index (χ2n) is 5.03. The van der Waals surface area contributed by atoms with Gasteiger partial charge in [-0.05, 0) is 50.1 Å². The third kappa shape index (κ3) is 4.01. The number of halogens is 2. The summed E-state index contributed by atoms with van der Waals surface area (Å²) in [6.45, 7) is 3.32. The molecule has 1 aliphatic rings. The van der Waals surface area contributed by atoms with Crippen LogP contribution in [0.15, 0.2) is 22.7 Å². The molecular weight excluding hydrogens is 311 g/mol. The van der Waals surface area contributed by atoms with Crippen molar-refractivity contribution < 1.29 is 9.18 Å². The highest BCUT2D eigenvalue weighted by molar-refractivity contribution is 9.10. The van der Waals surface area contributed by atoms with Gasteiger partial charge in [0.25, 0.3) is 0 Å². The highest BCUT2D eigenvalue weighted by atomic mass is 79.9. The minimum Gasteiger partial charge on any atom is -0.352 e. The van der Waals surface area contributed by atoms with E-state index in [1.54, 1.807) is 6.07 Å². The van der Waals surface area contributed by atoms with E-state index in [9.17, 15) is 9.18 Å². The first-order valence-electron chi connectivity index (χ1n) is 6.51. The predicted molar refractivity (Wildman–Crippen MR) is 76.1 cm³/mol. The van der Waals surface area contributed by atoms with E-state index < -0.39 is 0 Å². The largest absolute Gasteiger partial charge is 0.352 e. The summed E-state index contributed by atoms with van der Waals surface area (Å²) >= 11 is 3.36. The Balaban J connectivity index is 1.91. The van der Waals surface area contributed by atoms with Gasteiger partial charge in [-0.25, -0.2) is 4.39 Å². The zero-order chi connectivity index (χ0) is 13.8. The molecule has 1 fully saturated rings. The van der Waals surface area contributed by atoms with Gasteiger partial charge < -0.3 is 10.6 Å². The van der Waals surface area contributed by atoms with Crippen LogP contribution in [0.4, 0.5) is 4.39 Å². The maximum atomic E-state index is 13.1. The molecule has 1 aliphatic heterocycles. The lowest BCUT2D eigenvalue weighted by atomic mass is 9.92. The average Bonchev–Trinajstić information content (AvgIpc) is 2.39. The quantitative estimate of drug-likeness (QED) is 0.895. The van der Waals surface area contributed by atoms with Crippen molar-refractivity contribution in [1.82, 2.24) is 10.6 Å². The van der Waals surface area contributed by atoms with Crippen LogP contribution in [-0.4, -0.2) is 18.5 Å². The molecule has 19 heavy (non-hydrogen) atoms. The number of carbonyl (C=O) groups is 1. The molecule has 104 valence electrons. The van der Waals surface area contributed by atoms with E-state index in [0.29, 0.717) is 12.6 Å². The maximum absolute atomic E-state index is 13.1. The lowest BCUT2D eigenvalue weighted by Gasteiger charge is -2.27. The van der Waals surface area contributed by atoms with E-state index in [1.807, 2.05) is 0 Å².